The first-order chi connectivity index (χ1) is 13.6. The molecule has 140 valence electrons. The lowest BCUT2D eigenvalue weighted by molar-refractivity contribution is -0.125. The van der Waals surface area contributed by atoms with Crippen LogP contribution in [0, 0.1) is 0 Å². The van der Waals surface area contributed by atoms with Crippen LogP contribution in [-0.4, -0.2) is 16.4 Å². The smallest absolute Gasteiger partial charge is 0.249 e. The summed E-state index contributed by atoms with van der Waals surface area (Å²) in [7, 11) is 0. The Hall–Kier alpha value is -3.80. The summed E-state index contributed by atoms with van der Waals surface area (Å²) in [5.74, 6) is -0.378. The molecule has 1 heterocycles. The number of aromatic nitrogens is 1. The number of hydrogen-bond acceptors (Lipinski definition) is 3. The molecule has 6 heteroatoms. The highest BCUT2D eigenvalue weighted by Crippen LogP contribution is 2.37. The second kappa shape index (κ2) is 7.08. The first-order valence-electron chi connectivity index (χ1n) is 8.87. The Bertz CT molecular complexity index is 1200. The van der Waals surface area contributed by atoms with Gasteiger partial charge in [-0.15, -0.1) is 0 Å². The van der Waals surface area contributed by atoms with Crippen LogP contribution in [0.15, 0.2) is 66.7 Å². The fourth-order valence-corrected chi connectivity index (χ4v) is 3.51. The minimum absolute atomic E-state index is 0.319. The fourth-order valence-electron chi connectivity index (χ4n) is 3.51. The maximum absolute atomic E-state index is 12.1. The lowest BCUT2D eigenvalue weighted by Crippen LogP contribution is -2.23. The summed E-state index contributed by atoms with van der Waals surface area (Å²) in [5, 5.41) is 1.44. The molecule has 0 bridgehead atoms. The number of amides is 2. The Morgan fingerprint density at radius 1 is 0.929 bits per heavy atom. The van der Waals surface area contributed by atoms with Gasteiger partial charge >= 0.3 is 0 Å². The zero-order valence-electron chi connectivity index (χ0n) is 15.3. The predicted octanol–water partition coefficient (Wildman–Crippen LogP) is 3.37. The van der Waals surface area contributed by atoms with Crippen molar-refractivity contribution in [3.63, 3.8) is 0 Å². The molecular formula is C22H19N3O3. The third-order valence-electron chi connectivity index (χ3n) is 4.63. The lowest BCUT2D eigenvalue weighted by Gasteiger charge is -2.09. The summed E-state index contributed by atoms with van der Waals surface area (Å²) in [6.07, 6.45) is 0. The van der Waals surface area contributed by atoms with Gasteiger partial charge in [-0.25, -0.2) is 0 Å². The monoisotopic (exact) mass is 373 g/mol. The van der Waals surface area contributed by atoms with Crippen molar-refractivity contribution in [2.75, 3.05) is 0 Å². The second-order valence-corrected chi connectivity index (χ2v) is 6.55. The van der Waals surface area contributed by atoms with E-state index in [1.165, 1.54) is 6.92 Å². The van der Waals surface area contributed by atoms with Crippen LogP contribution < -0.4 is 16.1 Å². The molecule has 0 saturated heterocycles. The largest absolute Gasteiger partial charge is 0.379 e. The quantitative estimate of drug-likeness (QED) is 0.526. The van der Waals surface area contributed by atoms with E-state index < -0.39 is 5.91 Å². The van der Waals surface area contributed by atoms with Gasteiger partial charge in [-0.1, -0.05) is 42.5 Å². The molecule has 0 unspecified atom stereocenters. The summed E-state index contributed by atoms with van der Waals surface area (Å²) >= 11 is 0. The topological polar surface area (TPSA) is 86.3 Å². The molecule has 0 fully saturated rings. The van der Waals surface area contributed by atoms with Crippen LogP contribution in [0.25, 0.3) is 21.8 Å². The predicted molar refractivity (Wildman–Crippen MR) is 108 cm³/mol. The van der Waals surface area contributed by atoms with Gasteiger partial charge in [-0.3, -0.25) is 9.59 Å². The van der Waals surface area contributed by atoms with E-state index in [1.807, 2.05) is 54.6 Å². The first kappa shape index (κ1) is 17.6. The minimum Gasteiger partial charge on any atom is -0.379 e. The number of rotatable bonds is 5. The zero-order valence-corrected chi connectivity index (χ0v) is 15.3. The summed E-state index contributed by atoms with van der Waals surface area (Å²) in [6, 6.07) is 21.1. The molecule has 0 radical (unpaired) electrons. The second-order valence-electron chi connectivity index (χ2n) is 6.55. The van der Waals surface area contributed by atoms with Gasteiger partial charge in [-0.05, 0) is 29.8 Å². The third-order valence-corrected chi connectivity index (χ3v) is 4.63. The number of fused-ring (bicyclic) bond motifs is 3. The molecule has 4 rings (SSSR count). The van der Waals surface area contributed by atoms with Gasteiger partial charge in [0.2, 0.25) is 11.8 Å². The third kappa shape index (κ3) is 3.05. The van der Waals surface area contributed by atoms with E-state index >= 15 is 0 Å². The molecule has 3 aromatic carbocycles. The van der Waals surface area contributed by atoms with Crippen LogP contribution in [0.5, 0.6) is 5.75 Å². The van der Waals surface area contributed by atoms with Crippen molar-refractivity contribution >= 4 is 33.6 Å². The van der Waals surface area contributed by atoms with E-state index in [9.17, 15) is 9.59 Å². The summed E-state index contributed by atoms with van der Waals surface area (Å²) < 4.78 is 2.12. The van der Waals surface area contributed by atoms with Crippen molar-refractivity contribution in [3.05, 3.63) is 77.9 Å². The van der Waals surface area contributed by atoms with Gasteiger partial charge < -0.3 is 15.1 Å². The maximum Gasteiger partial charge on any atom is 0.249 e. The summed E-state index contributed by atoms with van der Waals surface area (Å²) in [6.45, 7) is 1.99. The number of carbonyl (C=O) groups excluding carboxylic acids is 2. The highest BCUT2D eigenvalue weighted by molar-refractivity contribution is 6.19. The van der Waals surface area contributed by atoms with Gasteiger partial charge in [0.15, 0.2) is 5.75 Å². The molecule has 2 amide bonds. The number of carbonyl (C=O) groups is 2. The van der Waals surface area contributed by atoms with Crippen LogP contribution in [0.3, 0.4) is 0 Å². The van der Waals surface area contributed by atoms with Crippen molar-refractivity contribution in [2.24, 2.45) is 5.73 Å². The van der Waals surface area contributed by atoms with E-state index in [1.54, 1.807) is 12.1 Å². The van der Waals surface area contributed by atoms with Crippen LogP contribution in [0.2, 0.25) is 0 Å². The number of hydroxylamine groups is 1. The van der Waals surface area contributed by atoms with E-state index in [4.69, 9.17) is 10.6 Å². The van der Waals surface area contributed by atoms with Crippen molar-refractivity contribution in [2.45, 2.75) is 13.5 Å². The number of nitrogens with zero attached hydrogens (tertiary/aromatic N) is 1. The molecule has 0 aliphatic carbocycles. The molecule has 0 atom stereocenters. The van der Waals surface area contributed by atoms with Crippen LogP contribution in [0.4, 0.5) is 0 Å². The number of benzene rings is 3. The van der Waals surface area contributed by atoms with E-state index in [0.717, 1.165) is 22.0 Å². The number of nitrogens with two attached hydrogens (primary N) is 1. The molecule has 1 aromatic heterocycles. The summed E-state index contributed by atoms with van der Waals surface area (Å²) in [4.78, 5) is 29.0. The Morgan fingerprint density at radius 2 is 1.61 bits per heavy atom. The average molecular weight is 373 g/mol. The Labute approximate surface area is 161 Å². The number of primary amides is 1. The van der Waals surface area contributed by atoms with Crippen LogP contribution in [-0.2, 0) is 11.3 Å². The first-order valence-corrected chi connectivity index (χ1v) is 8.87. The Kier molecular flexibility index (Phi) is 4.45. The van der Waals surface area contributed by atoms with Gasteiger partial charge in [0.25, 0.3) is 0 Å². The van der Waals surface area contributed by atoms with Crippen molar-refractivity contribution < 1.29 is 14.4 Å². The Morgan fingerprint density at radius 3 is 2.29 bits per heavy atom. The Balaban J connectivity index is 2.03. The molecule has 4 aromatic rings. The zero-order chi connectivity index (χ0) is 19.7. The standard InChI is InChI=1S/C22H19N3O3/c1-14(26)24-28-19-12-6-11-18-21(19)20-16(22(23)27)9-5-10-17(20)25(18)13-15-7-3-2-4-8-15/h2-12H,13H2,1H3,(H2,23,27)(H,24,26). The molecule has 28 heavy (non-hydrogen) atoms. The lowest BCUT2D eigenvalue weighted by atomic mass is 10.1. The van der Waals surface area contributed by atoms with Gasteiger partial charge in [-0.2, -0.15) is 5.48 Å². The van der Waals surface area contributed by atoms with Gasteiger partial charge in [0.1, 0.15) is 0 Å². The molecule has 0 aliphatic heterocycles. The summed E-state index contributed by atoms with van der Waals surface area (Å²) in [5.41, 5.74) is 11.3. The van der Waals surface area contributed by atoms with Gasteiger partial charge in [0, 0.05) is 24.4 Å². The molecule has 0 aliphatic rings. The SMILES string of the molecule is CC(=O)NOc1cccc2c1c1c(C(N)=O)cccc1n2Cc1ccccc1. The molecular weight excluding hydrogens is 354 g/mol. The van der Waals surface area contributed by atoms with Crippen molar-refractivity contribution in [1.29, 1.82) is 0 Å². The highest BCUT2D eigenvalue weighted by atomic mass is 16.7. The molecule has 0 saturated carbocycles. The molecule has 3 N–H and O–H groups in total. The number of hydrogen-bond donors (Lipinski definition) is 2. The minimum atomic E-state index is -0.515. The highest BCUT2D eigenvalue weighted by Gasteiger charge is 2.20. The van der Waals surface area contributed by atoms with Crippen LogP contribution >= 0.6 is 0 Å². The van der Waals surface area contributed by atoms with Crippen molar-refractivity contribution in [3.8, 4) is 5.75 Å². The average Bonchev–Trinajstić information content (AvgIpc) is 3.01. The van der Waals surface area contributed by atoms with Gasteiger partial charge in [0.05, 0.1) is 16.4 Å². The molecule has 0 spiro atoms. The molecule has 6 nitrogen and oxygen atoms in total. The van der Waals surface area contributed by atoms with E-state index in [2.05, 4.69) is 10.0 Å². The van der Waals surface area contributed by atoms with Crippen molar-refractivity contribution in [1.82, 2.24) is 10.0 Å². The van der Waals surface area contributed by atoms with E-state index in [0.29, 0.717) is 23.2 Å². The maximum atomic E-state index is 12.1. The van der Waals surface area contributed by atoms with Crippen LogP contribution in [0.1, 0.15) is 22.8 Å². The fraction of sp³-hybridized carbons (Fsp3) is 0.0909. The normalized spacial score (nSPS) is 10.9. The van der Waals surface area contributed by atoms with E-state index in [-0.39, 0.29) is 5.91 Å². The number of nitrogens with one attached hydrogen (secondary N) is 1.